The molecule has 4 N–H and O–H groups in total. The number of hydrogen-bond acceptors (Lipinski definition) is 6. The van der Waals surface area contributed by atoms with Gasteiger partial charge in [0, 0.05) is 17.3 Å². The summed E-state index contributed by atoms with van der Waals surface area (Å²) >= 11 is 5.06. The van der Waals surface area contributed by atoms with Crippen molar-refractivity contribution >= 4 is 34.9 Å². The first kappa shape index (κ1) is 19.0. The van der Waals surface area contributed by atoms with Gasteiger partial charge in [0.1, 0.15) is 22.8 Å². The number of thiocarbonyl (C=S) groups is 1. The zero-order valence-corrected chi connectivity index (χ0v) is 14.7. The Hall–Kier alpha value is -3.33. The first-order valence-corrected chi connectivity index (χ1v) is 7.66. The van der Waals surface area contributed by atoms with Crippen LogP contribution in [0, 0.1) is 0 Å². The second kappa shape index (κ2) is 8.17. The van der Waals surface area contributed by atoms with Crippen LogP contribution in [-0.4, -0.2) is 41.4 Å². The third kappa shape index (κ3) is 4.61. The number of anilines is 1. The first-order valence-electron chi connectivity index (χ1n) is 7.25. The van der Waals surface area contributed by atoms with E-state index in [1.165, 1.54) is 44.6 Å². The van der Waals surface area contributed by atoms with Gasteiger partial charge in [0.05, 0.1) is 14.2 Å². The lowest BCUT2D eigenvalue weighted by Gasteiger charge is -2.12. The lowest BCUT2D eigenvalue weighted by Crippen LogP contribution is -2.34. The van der Waals surface area contributed by atoms with Gasteiger partial charge in [-0.3, -0.25) is 10.1 Å². The summed E-state index contributed by atoms with van der Waals surface area (Å²) in [5.41, 5.74) is 0.276. The van der Waals surface area contributed by atoms with E-state index in [2.05, 4.69) is 10.6 Å². The topological polar surface area (TPSA) is 117 Å². The Balaban J connectivity index is 2.12. The van der Waals surface area contributed by atoms with E-state index >= 15 is 0 Å². The Bertz CT molecular complexity index is 846. The monoisotopic (exact) mass is 376 g/mol. The summed E-state index contributed by atoms with van der Waals surface area (Å²) in [4.78, 5) is 23.4. The smallest absolute Gasteiger partial charge is 0.339 e. The number of amides is 1. The molecule has 0 bridgehead atoms. The van der Waals surface area contributed by atoms with Crippen LogP contribution in [-0.2, 0) is 0 Å². The summed E-state index contributed by atoms with van der Waals surface area (Å²) in [6.45, 7) is 0. The average Bonchev–Trinajstić information content (AvgIpc) is 2.62. The van der Waals surface area contributed by atoms with E-state index in [0.29, 0.717) is 17.2 Å². The maximum Gasteiger partial charge on any atom is 0.339 e. The Labute approximate surface area is 154 Å². The van der Waals surface area contributed by atoms with Crippen LogP contribution < -0.4 is 20.1 Å². The second-order valence-corrected chi connectivity index (χ2v) is 5.45. The highest BCUT2D eigenvalue weighted by Crippen LogP contribution is 2.23. The fourth-order valence-electron chi connectivity index (χ4n) is 2.06. The fourth-order valence-corrected chi connectivity index (χ4v) is 2.27. The summed E-state index contributed by atoms with van der Waals surface area (Å²) < 4.78 is 10.2. The van der Waals surface area contributed by atoms with Crippen molar-refractivity contribution in [3.05, 3.63) is 47.5 Å². The lowest BCUT2D eigenvalue weighted by atomic mass is 10.2. The van der Waals surface area contributed by atoms with E-state index in [-0.39, 0.29) is 22.0 Å². The number of hydrogen-bond donors (Lipinski definition) is 4. The average molecular weight is 376 g/mol. The molecule has 2 aromatic rings. The molecule has 136 valence electrons. The molecule has 0 spiro atoms. The van der Waals surface area contributed by atoms with Crippen molar-refractivity contribution in [1.82, 2.24) is 5.32 Å². The molecule has 0 radical (unpaired) electrons. The maximum atomic E-state index is 12.3. The highest BCUT2D eigenvalue weighted by molar-refractivity contribution is 7.80. The van der Waals surface area contributed by atoms with Crippen LogP contribution in [0.1, 0.15) is 20.7 Å². The van der Waals surface area contributed by atoms with E-state index in [9.17, 15) is 14.7 Å². The van der Waals surface area contributed by atoms with Crippen molar-refractivity contribution in [3.63, 3.8) is 0 Å². The number of benzene rings is 2. The molecule has 2 rings (SSSR count). The predicted molar refractivity (Wildman–Crippen MR) is 98.3 cm³/mol. The van der Waals surface area contributed by atoms with Gasteiger partial charge < -0.3 is 25.0 Å². The number of nitrogens with one attached hydrogen (secondary N) is 2. The molecule has 0 aliphatic heterocycles. The van der Waals surface area contributed by atoms with Crippen LogP contribution in [0.5, 0.6) is 17.2 Å². The minimum absolute atomic E-state index is 0.0428. The van der Waals surface area contributed by atoms with Gasteiger partial charge in [-0.1, -0.05) is 0 Å². The molecule has 0 atom stereocenters. The lowest BCUT2D eigenvalue weighted by molar-refractivity contribution is 0.0693. The number of carboxylic acids is 1. The van der Waals surface area contributed by atoms with Crippen LogP contribution >= 0.6 is 12.2 Å². The molecule has 0 unspecified atom stereocenters. The van der Waals surface area contributed by atoms with Gasteiger partial charge in [-0.15, -0.1) is 0 Å². The minimum atomic E-state index is -1.29. The van der Waals surface area contributed by atoms with Gasteiger partial charge in [0.15, 0.2) is 5.11 Å². The highest BCUT2D eigenvalue weighted by atomic mass is 32.1. The third-order valence-electron chi connectivity index (χ3n) is 3.33. The van der Waals surface area contributed by atoms with Gasteiger partial charge in [-0.25, -0.2) is 4.79 Å². The van der Waals surface area contributed by atoms with Crippen molar-refractivity contribution in [3.8, 4) is 17.2 Å². The Morgan fingerprint density at radius 2 is 1.65 bits per heavy atom. The molecule has 2 aromatic carbocycles. The maximum absolute atomic E-state index is 12.3. The zero-order valence-electron chi connectivity index (χ0n) is 13.9. The molecule has 26 heavy (non-hydrogen) atoms. The molecule has 0 saturated carbocycles. The van der Waals surface area contributed by atoms with E-state index in [0.717, 1.165) is 0 Å². The van der Waals surface area contributed by atoms with Crippen LogP contribution in [0.15, 0.2) is 36.4 Å². The highest BCUT2D eigenvalue weighted by Gasteiger charge is 2.13. The molecule has 0 aliphatic carbocycles. The zero-order chi connectivity index (χ0) is 19.3. The third-order valence-corrected chi connectivity index (χ3v) is 3.53. The van der Waals surface area contributed by atoms with Crippen LogP contribution in [0.2, 0.25) is 0 Å². The fraction of sp³-hybridized carbons (Fsp3) is 0.118. The molecule has 1 amide bonds. The molecule has 0 fully saturated rings. The number of methoxy groups -OCH3 is 2. The van der Waals surface area contributed by atoms with Crippen molar-refractivity contribution in [2.24, 2.45) is 0 Å². The number of carbonyl (C=O) groups excluding carboxylic acids is 1. The Morgan fingerprint density at radius 1 is 1.04 bits per heavy atom. The van der Waals surface area contributed by atoms with Gasteiger partial charge >= 0.3 is 5.97 Å². The number of rotatable bonds is 5. The van der Waals surface area contributed by atoms with Crippen LogP contribution in [0.25, 0.3) is 0 Å². The molecule has 9 heteroatoms. The minimum Gasteiger partial charge on any atom is -0.507 e. The van der Waals surface area contributed by atoms with E-state index in [1.54, 1.807) is 6.07 Å². The second-order valence-electron chi connectivity index (χ2n) is 5.05. The summed E-state index contributed by atoms with van der Waals surface area (Å²) in [6.07, 6.45) is 0. The number of carboxylic acid groups (broad SMARTS) is 1. The SMILES string of the molecule is COc1cc(OC)cc(C(=O)NC(=S)Nc2ccc(O)c(C(=O)O)c2)c1. The van der Waals surface area contributed by atoms with Crippen LogP contribution in [0.3, 0.4) is 0 Å². The normalized spacial score (nSPS) is 9.92. The van der Waals surface area contributed by atoms with E-state index in [4.69, 9.17) is 26.8 Å². The Morgan fingerprint density at radius 3 is 2.19 bits per heavy atom. The molecular weight excluding hydrogens is 360 g/mol. The molecule has 0 aliphatic rings. The summed E-state index contributed by atoms with van der Waals surface area (Å²) in [6, 6.07) is 8.49. The summed E-state index contributed by atoms with van der Waals surface area (Å²) in [7, 11) is 2.93. The van der Waals surface area contributed by atoms with E-state index in [1.807, 2.05) is 0 Å². The molecule has 0 aromatic heterocycles. The summed E-state index contributed by atoms with van der Waals surface area (Å²) in [5.74, 6) is -1.28. The number of aromatic carboxylic acids is 1. The number of phenols is 1. The van der Waals surface area contributed by atoms with Gasteiger partial charge in [0.2, 0.25) is 0 Å². The van der Waals surface area contributed by atoms with Crippen molar-refractivity contribution in [2.75, 3.05) is 19.5 Å². The van der Waals surface area contributed by atoms with Crippen molar-refractivity contribution in [2.45, 2.75) is 0 Å². The van der Waals surface area contributed by atoms with Gasteiger partial charge in [-0.2, -0.15) is 0 Å². The largest absolute Gasteiger partial charge is 0.507 e. The van der Waals surface area contributed by atoms with Crippen molar-refractivity contribution < 1.29 is 29.3 Å². The first-order chi connectivity index (χ1) is 12.3. The number of ether oxygens (including phenoxy) is 2. The molecule has 0 heterocycles. The Kier molecular flexibility index (Phi) is 5.97. The van der Waals surface area contributed by atoms with Crippen molar-refractivity contribution in [1.29, 1.82) is 0 Å². The molecule has 8 nitrogen and oxygen atoms in total. The van der Waals surface area contributed by atoms with Gasteiger partial charge in [-0.05, 0) is 42.5 Å². The number of aromatic hydroxyl groups is 1. The molecular formula is C17H16N2O6S. The van der Waals surface area contributed by atoms with Crippen LogP contribution in [0.4, 0.5) is 5.69 Å². The van der Waals surface area contributed by atoms with E-state index < -0.39 is 11.9 Å². The summed E-state index contributed by atoms with van der Waals surface area (Å²) in [5, 5.41) is 23.6. The molecule has 0 saturated heterocycles. The quantitative estimate of drug-likeness (QED) is 0.464. The standard InChI is InChI=1S/C17H16N2O6S/c1-24-11-5-9(6-12(8-11)25-2)15(21)19-17(26)18-10-3-4-14(20)13(7-10)16(22)23/h3-8,20H,1-2H3,(H,22,23)(H2,18,19,21,26). The number of carbonyl (C=O) groups is 2. The van der Waals surface area contributed by atoms with Gasteiger partial charge in [0.25, 0.3) is 5.91 Å². The predicted octanol–water partition coefficient (Wildman–Crippen LogP) is 2.23.